The van der Waals surface area contributed by atoms with E-state index in [2.05, 4.69) is 19.7 Å². The van der Waals surface area contributed by atoms with Gasteiger partial charge in [0.25, 0.3) is 0 Å². The molecule has 2 rings (SSSR count). The van der Waals surface area contributed by atoms with Crippen molar-refractivity contribution in [3.63, 3.8) is 0 Å². The summed E-state index contributed by atoms with van der Waals surface area (Å²) in [6, 6.07) is 0. The molecule has 1 saturated heterocycles. The third-order valence-corrected chi connectivity index (χ3v) is 3.07. The Balaban J connectivity index is 2.42. The normalized spacial score (nSPS) is 18.9. The summed E-state index contributed by atoms with van der Waals surface area (Å²) >= 11 is 0. The van der Waals surface area contributed by atoms with E-state index in [1.54, 1.807) is 0 Å². The van der Waals surface area contributed by atoms with Gasteiger partial charge in [0.05, 0.1) is 20.3 Å². The number of esters is 2. The highest BCUT2D eigenvalue weighted by molar-refractivity contribution is 5.96. The predicted molar refractivity (Wildman–Crippen MR) is 63.8 cm³/mol. The summed E-state index contributed by atoms with van der Waals surface area (Å²) < 4.78 is 15.0. The van der Waals surface area contributed by atoms with Crippen LogP contribution in [0.25, 0.3) is 0 Å². The summed E-state index contributed by atoms with van der Waals surface area (Å²) in [4.78, 5) is 23.4. The van der Waals surface area contributed by atoms with E-state index >= 15 is 0 Å². The first kappa shape index (κ1) is 13.5. The van der Waals surface area contributed by atoms with E-state index in [0.29, 0.717) is 12.2 Å². The van der Waals surface area contributed by atoms with Crippen molar-refractivity contribution < 1.29 is 23.8 Å². The van der Waals surface area contributed by atoms with Crippen molar-refractivity contribution in [2.75, 3.05) is 20.8 Å². The average Bonchev–Trinajstić information content (AvgIpc) is 2.91. The van der Waals surface area contributed by atoms with Crippen molar-refractivity contribution in [3.8, 4) is 0 Å². The first-order valence-corrected chi connectivity index (χ1v) is 6.05. The summed E-state index contributed by atoms with van der Waals surface area (Å²) in [5.41, 5.74) is 0.656. The zero-order chi connectivity index (χ0) is 13.8. The van der Waals surface area contributed by atoms with E-state index in [1.165, 1.54) is 14.2 Å². The Morgan fingerprint density at radius 3 is 2.58 bits per heavy atom. The minimum atomic E-state index is -0.601. The molecular weight excluding hydrogens is 252 g/mol. The third kappa shape index (κ3) is 2.60. The fourth-order valence-electron chi connectivity index (χ4n) is 2.14. The van der Waals surface area contributed by atoms with Gasteiger partial charge in [0, 0.05) is 12.2 Å². The van der Waals surface area contributed by atoms with Crippen LogP contribution in [-0.2, 0) is 14.2 Å². The molecule has 104 valence electrons. The molecule has 1 unspecified atom stereocenters. The molecule has 0 bridgehead atoms. The Morgan fingerprint density at radius 1 is 1.26 bits per heavy atom. The van der Waals surface area contributed by atoms with Gasteiger partial charge in [-0.1, -0.05) is 0 Å². The van der Waals surface area contributed by atoms with Gasteiger partial charge in [-0.25, -0.2) is 9.59 Å². The number of H-pyrrole nitrogens is 1. The van der Waals surface area contributed by atoms with Crippen molar-refractivity contribution in [1.82, 2.24) is 10.2 Å². The van der Waals surface area contributed by atoms with Crippen LogP contribution in [0.5, 0.6) is 0 Å². The molecular formula is C12H16N2O5. The molecule has 1 aliphatic heterocycles. The number of hydrogen-bond donors (Lipinski definition) is 1. The molecule has 1 aliphatic rings. The van der Waals surface area contributed by atoms with Gasteiger partial charge in [0.2, 0.25) is 0 Å². The Morgan fingerprint density at radius 2 is 2.00 bits per heavy atom. The second kappa shape index (κ2) is 5.83. The summed E-state index contributed by atoms with van der Waals surface area (Å²) in [7, 11) is 2.53. The first-order valence-electron chi connectivity index (χ1n) is 6.05. The largest absolute Gasteiger partial charge is 0.464 e. The van der Waals surface area contributed by atoms with Crippen LogP contribution >= 0.6 is 0 Å². The standard InChI is InChI=1S/C12H16N2O5/c1-17-11(15)9-8(7-5-3-4-6-19-7)10(14-13-9)12(16)18-2/h7H,3-6H2,1-2H3,(H,13,14). The predicted octanol–water partition coefficient (Wildman–Crippen LogP) is 1.22. The summed E-state index contributed by atoms with van der Waals surface area (Å²) in [6.45, 7) is 0.594. The van der Waals surface area contributed by atoms with Crippen LogP contribution in [0.1, 0.15) is 51.9 Å². The Labute approximate surface area is 110 Å². The number of rotatable bonds is 3. The van der Waals surface area contributed by atoms with Crippen molar-refractivity contribution in [1.29, 1.82) is 0 Å². The van der Waals surface area contributed by atoms with Crippen LogP contribution in [0.15, 0.2) is 0 Å². The molecule has 7 heteroatoms. The topological polar surface area (TPSA) is 90.5 Å². The van der Waals surface area contributed by atoms with Crippen LogP contribution in [0.3, 0.4) is 0 Å². The van der Waals surface area contributed by atoms with Crippen molar-refractivity contribution >= 4 is 11.9 Å². The van der Waals surface area contributed by atoms with Crippen molar-refractivity contribution in [3.05, 3.63) is 17.0 Å². The van der Waals surface area contributed by atoms with Crippen molar-refractivity contribution in [2.45, 2.75) is 25.4 Å². The number of aromatic amines is 1. The van der Waals surface area contributed by atoms with Gasteiger partial charge in [-0.3, -0.25) is 5.10 Å². The number of methoxy groups -OCH3 is 2. The minimum Gasteiger partial charge on any atom is -0.464 e. The fraction of sp³-hybridized carbons (Fsp3) is 0.583. The highest BCUT2D eigenvalue weighted by Gasteiger charge is 2.31. The zero-order valence-corrected chi connectivity index (χ0v) is 10.9. The molecule has 7 nitrogen and oxygen atoms in total. The van der Waals surface area contributed by atoms with Crippen LogP contribution < -0.4 is 0 Å². The molecule has 2 heterocycles. The lowest BCUT2D eigenvalue weighted by Crippen LogP contribution is -2.18. The fourth-order valence-corrected chi connectivity index (χ4v) is 2.14. The van der Waals surface area contributed by atoms with E-state index in [9.17, 15) is 9.59 Å². The molecule has 1 aromatic rings. The number of carbonyl (C=O) groups is 2. The second-order valence-electron chi connectivity index (χ2n) is 4.20. The van der Waals surface area contributed by atoms with E-state index in [4.69, 9.17) is 4.74 Å². The number of nitrogens with zero attached hydrogens (tertiary/aromatic N) is 1. The summed E-state index contributed by atoms with van der Waals surface area (Å²) in [5, 5.41) is 6.38. The van der Waals surface area contributed by atoms with Gasteiger partial charge in [-0.05, 0) is 19.3 Å². The molecule has 19 heavy (non-hydrogen) atoms. The molecule has 1 fully saturated rings. The summed E-state index contributed by atoms with van der Waals surface area (Å²) in [6.07, 6.45) is 2.33. The smallest absolute Gasteiger partial charge is 0.358 e. The molecule has 0 aromatic carbocycles. The number of ether oxygens (including phenoxy) is 3. The minimum absolute atomic E-state index is 0.0785. The molecule has 0 radical (unpaired) electrons. The number of nitrogens with one attached hydrogen (secondary N) is 1. The lowest BCUT2D eigenvalue weighted by molar-refractivity contribution is 0.0124. The van der Waals surface area contributed by atoms with Gasteiger partial charge < -0.3 is 14.2 Å². The molecule has 1 atom stereocenters. The molecule has 1 aromatic heterocycles. The van der Waals surface area contributed by atoms with Gasteiger partial charge >= 0.3 is 11.9 Å². The number of aromatic nitrogens is 2. The lowest BCUT2D eigenvalue weighted by atomic mass is 9.99. The monoisotopic (exact) mass is 268 g/mol. The van der Waals surface area contributed by atoms with Crippen molar-refractivity contribution in [2.24, 2.45) is 0 Å². The lowest BCUT2D eigenvalue weighted by Gasteiger charge is -2.23. The van der Waals surface area contributed by atoms with Gasteiger partial charge in [-0.2, -0.15) is 5.10 Å². The second-order valence-corrected chi connectivity index (χ2v) is 4.20. The zero-order valence-electron chi connectivity index (χ0n) is 10.9. The van der Waals surface area contributed by atoms with Crippen LogP contribution in [-0.4, -0.2) is 43.0 Å². The summed E-state index contributed by atoms with van der Waals surface area (Å²) in [5.74, 6) is -1.18. The van der Waals surface area contributed by atoms with Gasteiger partial charge in [0.1, 0.15) is 5.69 Å². The van der Waals surface area contributed by atoms with Gasteiger partial charge in [-0.15, -0.1) is 0 Å². The van der Waals surface area contributed by atoms with E-state index in [-0.39, 0.29) is 17.5 Å². The van der Waals surface area contributed by atoms with E-state index < -0.39 is 11.9 Å². The Hall–Kier alpha value is -1.89. The highest BCUT2D eigenvalue weighted by atomic mass is 16.5. The molecule has 0 aliphatic carbocycles. The Bertz CT molecular complexity index is 443. The Kier molecular flexibility index (Phi) is 4.16. The third-order valence-electron chi connectivity index (χ3n) is 3.07. The van der Waals surface area contributed by atoms with E-state index in [0.717, 1.165) is 19.3 Å². The SMILES string of the molecule is COC(=O)c1n[nH]c(C(=O)OC)c1C1CCCCO1. The van der Waals surface area contributed by atoms with Crippen LogP contribution in [0.2, 0.25) is 0 Å². The van der Waals surface area contributed by atoms with Crippen LogP contribution in [0.4, 0.5) is 0 Å². The average molecular weight is 268 g/mol. The molecule has 0 spiro atoms. The molecule has 0 amide bonds. The van der Waals surface area contributed by atoms with E-state index in [1.807, 2.05) is 0 Å². The number of carbonyl (C=O) groups excluding carboxylic acids is 2. The van der Waals surface area contributed by atoms with Crippen LogP contribution in [0, 0.1) is 0 Å². The number of hydrogen-bond acceptors (Lipinski definition) is 6. The quantitative estimate of drug-likeness (QED) is 0.829. The maximum absolute atomic E-state index is 11.7. The highest BCUT2D eigenvalue weighted by Crippen LogP contribution is 2.32. The maximum Gasteiger partial charge on any atom is 0.358 e. The maximum atomic E-state index is 11.7. The van der Waals surface area contributed by atoms with Gasteiger partial charge in [0.15, 0.2) is 5.69 Å². The molecule has 0 saturated carbocycles. The molecule has 1 N–H and O–H groups in total. The first-order chi connectivity index (χ1) is 9.19.